The molecular weight excluding hydrogens is 254 g/mol. The average Bonchev–Trinajstić information content (AvgIpc) is 2.47. The monoisotopic (exact) mass is 279 g/mol. The van der Waals surface area contributed by atoms with Crippen LogP contribution in [0.25, 0.3) is 0 Å². The number of hydrogen-bond donors (Lipinski definition) is 2. The minimum Gasteiger partial charge on any atom is -0.384 e. The van der Waals surface area contributed by atoms with Crippen LogP contribution >= 0.6 is 0 Å². The molecule has 2 heterocycles. The highest BCUT2D eigenvalue weighted by molar-refractivity contribution is 5.49. The van der Waals surface area contributed by atoms with E-state index in [9.17, 15) is 0 Å². The van der Waals surface area contributed by atoms with E-state index in [2.05, 4.69) is 34.1 Å². The molecule has 1 aliphatic heterocycles. The topological polar surface area (TPSA) is 76.3 Å². The second-order valence-corrected chi connectivity index (χ2v) is 5.68. The van der Waals surface area contributed by atoms with Crippen molar-refractivity contribution in [2.24, 2.45) is 11.8 Å². The lowest BCUT2D eigenvalue weighted by Gasteiger charge is -2.33. The maximum Gasteiger partial charge on any atom is 0.145 e. The maximum absolute atomic E-state index is 5.51. The van der Waals surface area contributed by atoms with Crippen molar-refractivity contribution in [3.8, 4) is 0 Å². The fourth-order valence-corrected chi connectivity index (χ4v) is 2.59. The number of methoxy groups -OCH3 is 1. The summed E-state index contributed by atoms with van der Waals surface area (Å²) < 4.78 is 5.28. The van der Waals surface area contributed by atoms with Gasteiger partial charge < -0.3 is 15.1 Å². The van der Waals surface area contributed by atoms with Crippen molar-refractivity contribution in [2.75, 3.05) is 37.1 Å². The first-order chi connectivity index (χ1) is 9.63. The average molecular weight is 279 g/mol. The number of nitrogens with zero attached hydrogens (tertiary/aromatic N) is 3. The van der Waals surface area contributed by atoms with Crippen LogP contribution in [0.1, 0.15) is 38.4 Å². The Bertz CT molecular complexity index is 436. The Morgan fingerprint density at radius 2 is 2.30 bits per heavy atom. The predicted molar refractivity (Wildman–Crippen MR) is 80.7 cm³/mol. The molecule has 2 rings (SSSR count). The van der Waals surface area contributed by atoms with E-state index in [1.807, 2.05) is 6.07 Å². The molecule has 0 saturated carbocycles. The quantitative estimate of drug-likeness (QED) is 0.631. The maximum atomic E-state index is 5.51. The number of ether oxygens (including phenoxy) is 1. The molecule has 1 saturated heterocycles. The van der Waals surface area contributed by atoms with Gasteiger partial charge in [-0.1, -0.05) is 13.8 Å². The van der Waals surface area contributed by atoms with Crippen LogP contribution in [0.3, 0.4) is 0 Å². The van der Waals surface area contributed by atoms with Crippen molar-refractivity contribution in [2.45, 2.75) is 32.6 Å². The number of rotatable bonds is 5. The molecule has 0 radical (unpaired) electrons. The lowest BCUT2D eigenvalue weighted by Crippen LogP contribution is -2.37. The van der Waals surface area contributed by atoms with Gasteiger partial charge in [-0.15, -0.1) is 0 Å². The van der Waals surface area contributed by atoms with Crippen LogP contribution in [-0.2, 0) is 4.74 Å². The van der Waals surface area contributed by atoms with Gasteiger partial charge in [0.05, 0.1) is 6.61 Å². The number of nitrogen functional groups attached to an aromatic ring is 1. The zero-order valence-electron chi connectivity index (χ0n) is 12.6. The van der Waals surface area contributed by atoms with Gasteiger partial charge in [0.2, 0.25) is 0 Å². The van der Waals surface area contributed by atoms with Crippen LogP contribution in [0.2, 0.25) is 0 Å². The Kier molecular flexibility index (Phi) is 5.14. The summed E-state index contributed by atoms with van der Waals surface area (Å²) >= 11 is 0. The Hall–Kier alpha value is -1.40. The number of hydrazine groups is 1. The van der Waals surface area contributed by atoms with Gasteiger partial charge in [0, 0.05) is 32.2 Å². The van der Waals surface area contributed by atoms with Crippen molar-refractivity contribution in [1.82, 2.24) is 9.97 Å². The van der Waals surface area contributed by atoms with Gasteiger partial charge in [-0.05, 0) is 18.8 Å². The van der Waals surface area contributed by atoms with Gasteiger partial charge in [-0.2, -0.15) is 0 Å². The zero-order valence-corrected chi connectivity index (χ0v) is 12.6. The smallest absolute Gasteiger partial charge is 0.145 e. The van der Waals surface area contributed by atoms with E-state index < -0.39 is 0 Å². The molecule has 6 heteroatoms. The fourth-order valence-electron chi connectivity index (χ4n) is 2.59. The summed E-state index contributed by atoms with van der Waals surface area (Å²) in [6.07, 6.45) is 2.38. The van der Waals surface area contributed by atoms with E-state index in [1.54, 1.807) is 7.11 Å². The second kappa shape index (κ2) is 6.85. The third kappa shape index (κ3) is 3.58. The summed E-state index contributed by atoms with van der Waals surface area (Å²) in [7, 11) is 1.76. The Morgan fingerprint density at radius 3 is 2.95 bits per heavy atom. The fraction of sp³-hybridized carbons (Fsp3) is 0.714. The van der Waals surface area contributed by atoms with Crippen LogP contribution in [0.5, 0.6) is 0 Å². The van der Waals surface area contributed by atoms with Crippen LogP contribution in [0.4, 0.5) is 11.6 Å². The summed E-state index contributed by atoms with van der Waals surface area (Å²) in [5, 5.41) is 0. The largest absolute Gasteiger partial charge is 0.384 e. The summed E-state index contributed by atoms with van der Waals surface area (Å²) in [6, 6.07) is 1.92. The van der Waals surface area contributed by atoms with E-state index in [-0.39, 0.29) is 5.92 Å². The molecule has 3 N–H and O–H groups in total. The highest BCUT2D eigenvalue weighted by Gasteiger charge is 2.22. The number of anilines is 2. The summed E-state index contributed by atoms with van der Waals surface area (Å²) in [5.41, 5.74) is 2.64. The van der Waals surface area contributed by atoms with Crippen LogP contribution in [-0.4, -0.2) is 36.8 Å². The summed E-state index contributed by atoms with van der Waals surface area (Å²) in [5.74, 6) is 8.82. The summed E-state index contributed by atoms with van der Waals surface area (Å²) in [6.45, 7) is 6.98. The first kappa shape index (κ1) is 15.0. The Balaban J connectivity index is 2.20. The minimum atomic E-state index is 0.279. The SMILES string of the molecule is COCC1CCCN(c2cc(NN)nc(C(C)C)n2)C1. The molecule has 0 aliphatic carbocycles. The van der Waals surface area contributed by atoms with Gasteiger partial charge in [-0.25, -0.2) is 15.8 Å². The molecule has 1 aromatic rings. The molecule has 112 valence electrons. The summed E-state index contributed by atoms with van der Waals surface area (Å²) in [4.78, 5) is 11.4. The molecule has 1 aliphatic rings. The van der Waals surface area contributed by atoms with Gasteiger partial charge in [0.1, 0.15) is 17.5 Å². The van der Waals surface area contributed by atoms with Crippen molar-refractivity contribution in [1.29, 1.82) is 0 Å². The van der Waals surface area contributed by atoms with Crippen LogP contribution < -0.4 is 16.2 Å². The van der Waals surface area contributed by atoms with Gasteiger partial charge in [0.15, 0.2) is 0 Å². The molecular formula is C14H25N5O. The van der Waals surface area contributed by atoms with E-state index >= 15 is 0 Å². The number of hydrogen-bond acceptors (Lipinski definition) is 6. The number of nitrogens with two attached hydrogens (primary N) is 1. The molecule has 6 nitrogen and oxygen atoms in total. The molecule has 1 fully saturated rings. The highest BCUT2D eigenvalue weighted by Crippen LogP contribution is 2.25. The van der Waals surface area contributed by atoms with Crippen molar-refractivity contribution >= 4 is 11.6 Å². The van der Waals surface area contributed by atoms with E-state index in [0.29, 0.717) is 11.7 Å². The molecule has 0 spiro atoms. The zero-order chi connectivity index (χ0) is 14.5. The van der Waals surface area contributed by atoms with Crippen molar-refractivity contribution < 1.29 is 4.74 Å². The first-order valence-corrected chi connectivity index (χ1v) is 7.23. The molecule has 0 aromatic carbocycles. The van der Waals surface area contributed by atoms with E-state index in [0.717, 1.165) is 31.3 Å². The molecule has 1 unspecified atom stereocenters. The molecule has 0 amide bonds. The van der Waals surface area contributed by atoms with E-state index in [4.69, 9.17) is 10.6 Å². The van der Waals surface area contributed by atoms with Crippen LogP contribution in [0.15, 0.2) is 6.07 Å². The highest BCUT2D eigenvalue weighted by atomic mass is 16.5. The number of piperidine rings is 1. The van der Waals surface area contributed by atoms with Gasteiger partial charge >= 0.3 is 0 Å². The minimum absolute atomic E-state index is 0.279. The Labute approximate surface area is 120 Å². The first-order valence-electron chi connectivity index (χ1n) is 7.23. The number of nitrogens with one attached hydrogen (secondary N) is 1. The molecule has 1 atom stereocenters. The van der Waals surface area contributed by atoms with E-state index in [1.165, 1.54) is 12.8 Å². The van der Waals surface area contributed by atoms with Crippen LogP contribution in [0, 0.1) is 5.92 Å². The lowest BCUT2D eigenvalue weighted by atomic mass is 9.99. The standard InChI is InChI=1S/C14H25N5O/c1-10(2)14-16-12(18-15)7-13(17-14)19-6-4-5-11(8-19)9-20-3/h7,10-11H,4-6,8-9,15H2,1-3H3,(H,16,17,18). The lowest BCUT2D eigenvalue weighted by molar-refractivity contribution is 0.143. The second-order valence-electron chi connectivity index (χ2n) is 5.68. The van der Waals surface area contributed by atoms with Gasteiger partial charge in [-0.3, -0.25) is 0 Å². The third-order valence-electron chi connectivity index (χ3n) is 3.64. The molecule has 0 bridgehead atoms. The normalized spacial score (nSPS) is 19.4. The van der Waals surface area contributed by atoms with Gasteiger partial charge in [0.25, 0.3) is 0 Å². The Morgan fingerprint density at radius 1 is 1.50 bits per heavy atom. The van der Waals surface area contributed by atoms with Crippen molar-refractivity contribution in [3.63, 3.8) is 0 Å². The number of aromatic nitrogens is 2. The molecule has 20 heavy (non-hydrogen) atoms. The van der Waals surface area contributed by atoms with Crippen molar-refractivity contribution in [3.05, 3.63) is 11.9 Å². The third-order valence-corrected chi connectivity index (χ3v) is 3.64. The molecule has 1 aromatic heterocycles. The predicted octanol–water partition coefficient (Wildman–Crippen LogP) is 1.75.